The van der Waals surface area contributed by atoms with Crippen molar-refractivity contribution in [1.82, 2.24) is 15.5 Å². The lowest BCUT2D eigenvalue weighted by Crippen LogP contribution is -2.18. The Balaban J connectivity index is 2.01. The monoisotopic (exact) mass is 249 g/mol. The third-order valence-electron chi connectivity index (χ3n) is 2.90. The number of benzene rings is 1. The zero-order valence-corrected chi connectivity index (χ0v) is 10.8. The average Bonchev–Trinajstić information content (AvgIpc) is 2.72. The summed E-state index contributed by atoms with van der Waals surface area (Å²) in [4.78, 5) is 0. The highest BCUT2D eigenvalue weighted by atomic mass is 35.5. The van der Waals surface area contributed by atoms with Crippen LogP contribution >= 0.6 is 11.6 Å². The van der Waals surface area contributed by atoms with E-state index in [9.17, 15) is 0 Å². The van der Waals surface area contributed by atoms with E-state index in [0.29, 0.717) is 0 Å². The number of rotatable bonds is 4. The first-order valence-corrected chi connectivity index (χ1v) is 6.03. The van der Waals surface area contributed by atoms with E-state index < -0.39 is 0 Å². The number of hydrogen-bond acceptors (Lipinski definition) is 2. The second-order valence-electron chi connectivity index (χ2n) is 4.14. The van der Waals surface area contributed by atoms with Crippen LogP contribution in [0.4, 0.5) is 0 Å². The largest absolute Gasteiger partial charge is 0.306 e. The molecule has 1 aromatic carbocycles. The van der Waals surface area contributed by atoms with Gasteiger partial charge in [-0.2, -0.15) is 5.10 Å². The van der Waals surface area contributed by atoms with E-state index in [1.165, 1.54) is 5.56 Å². The molecule has 0 aliphatic carbocycles. The second-order valence-corrected chi connectivity index (χ2v) is 4.55. The Morgan fingerprint density at radius 3 is 2.82 bits per heavy atom. The van der Waals surface area contributed by atoms with Crippen molar-refractivity contribution in [2.45, 2.75) is 26.4 Å². The molecule has 0 radical (unpaired) electrons. The Labute approximate surface area is 106 Å². The molecule has 0 aliphatic rings. The maximum atomic E-state index is 6.15. The number of aromatic amines is 1. The predicted molar refractivity (Wildman–Crippen MR) is 70.0 cm³/mol. The van der Waals surface area contributed by atoms with Gasteiger partial charge in [0.05, 0.1) is 6.20 Å². The number of hydrogen-bond donors (Lipinski definition) is 2. The fraction of sp³-hybridized carbons (Fsp3) is 0.308. The summed E-state index contributed by atoms with van der Waals surface area (Å²) in [6, 6.07) is 8.12. The van der Waals surface area contributed by atoms with Crippen molar-refractivity contribution in [2.75, 3.05) is 0 Å². The van der Waals surface area contributed by atoms with Gasteiger partial charge in [-0.1, -0.05) is 29.8 Å². The molecule has 0 amide bonds. The molecule has 0 saturated heterocycles. The number of halogens is 1. The molecule has 0 fully saturated rings. The van der Waals surface area contributed by atoms with Gasteiger partial charge in [-0.05, 0) is 25.5 Å². The summed E-state index contributed by atoms with van der Waals surface area (Å²) in [6.45, 7) is 4.91. The molecular formula is C13H16ClN3. The van der Waals surface area contributed by atoms with Crippen LogP contribution in [0.1, 0.15) is 29.8 Å². The number of nitrogens with one attached hydrogen (secondary N) is 2. The van der Waals surface area contributed by atoms with Crippen molar-refractivity contribution in [3.8, 4) is 0 Å². The molecule has 90 valence electrons. The van der Waals surface area contributed by atoms with E-state index in [1.807, 2.05) is 37.4 Å². The average molecular weight is 250 g/mol. The lowest BCUT2D eigenvalue weighted by Gasteiger charge is -2.15. The standard InChI is InChI=1S/C13H16ClN3/c1-9-11(8-16-17-9)7-15-10(2)12-5-3-4-6-13(12)14/h3-6,8,10,15H,7H2,1-2H3,(H,16,17)/t10-/m1/s1. The summed E-state index contributed by atoms with van der Waals surface area (Å²) in [5, 5.41) is 11.2. The maximum Gasteiger partial charge on any atom is 0.0535 e. The molecular weight excluding hydrogens is 234 g/mol. The van der Waals surface area contributed by atoms with E-state index in [4.69, 9.17) is 11.6 Å². The molecule has 0 unspecified atom stereocenters. The van der Waals surface area contributed by atoms with Crippen molar-refractivity contribution < 1.29 is 0 Å². The quantitative estimate of drug-likeness (QED) is 0.874. The van der Waals surface area contributed by atoms with E-state index in [-0.39, 0.29) is 6.04 Å². The highest BCUT2D eigenvalue weighted by Gasteiger charge is 2.09. The lowest BCUT2D eigenvalue weighted by atomic mass is 10.1. The van der Waals surface area contributed by atoms with Gasteiger partial charge in [0.15, 0.2) is 0 Å². The molecule has 0 spiro atoms. The number of aryl methyl sites for hydroxylation is 1. The van der Waals surface area contributed by atoms with E-state index in [0.717, 1.165) is 22.8 Å². The molecule has 3 nitrogen and oxygen atoms in total. The molecule has 0 bridgehead atoms. The van der Waals surface area contributed by atoms with Crippen molar-refractivity contribution in [1.29, 1.82) is 0 Å². The summed E-state index contributed by atoms with van der Waals surface area (Å²) in [7, 11) is 0. The Morgan fingerprint density at radius 1 is 1.41 bits per heavy atom. The van der Waals surface area contributed by atoms with Crippen molar-refractivity contribution >= 4 is 11.6 Å². The minimum absolute atomic E-state index is 0.220. The molecule has 2 rings (SSSR count). The van der Waals surface area contributed by atoms with Gasteiger partial charge in [0.25, 0.3) is 0 Å². The number of nitrogens with zero attached hydrogens (tertiary/aromatic N) is 1. The van der Waals surface area contributed by atoms with Gasteiger partial charge in [-0.3, -0.25) is 5.10 Å². The molecule has 2 N–H and O–H groups in total. The van der Waals surface area contributed by atoms with Gasteiger partial charge < -0.3 is 5.32 Å². The van der Waals surface area contributed by atoms with Crippen LogP contribution < -0.4 is 5.32 Å². The lowest BCUT2D eigenvalue weighted by molar-refractivity contribution is 0.573. The Kier molecular flexibility index (Phi) is 3.82. The van der Waals surface area contributed by atoms with E-state index in [2.05, 4.69) is 22.4 Å². The van der Waals surface area contributed by atoms with Crippen LogP contribution in [0.5, 0.6) is 0 Å². The van der Waals surface area contributed by atoms with Crippen LogP contribution in [0.3, 0.4) is 0 Å². The van der Waals surface area contributed by atoms with Crippen molar-refractivity contribution in [3.05, 3.63) is 52.3 Å². The SMILES string of the molecule is Cc1[nH]ncc1CN[C@H](C)c1ccccc1Cl. The highest BCUT2D eigenvalue weighted by molar-refractivity contribution is 6.31. The first kappa shape index (κ1) is 12.1. The third kappa shape index (κ3) is 2.87. The molecule has 1 aromatic heterocycles. The van der Waals surface area contributed by atoms with E-state index in [1.54, 1.807) is 0 Å². The van der Waals surface area contributed by atoms with Crippen LogP contribution in [0.2, 0.25) is 5.02 Å². The van der Waals surface area contributed by atoms with Crippen LogP contribution in [0, 0.1) is 6.92 Å². The molecule has 17 heavy (non-hydrogen) atoms. The third-order valence-corrected chi connectivity index (χ3v) is 3.25. The van der Waals surface area contributed by atoms with Crippen LogP contribution in [0.15, 0.2) is 30.5 Å². The van der Waals surface area contributed by atoms with Gasteiger partial charge >= 0.3 is 0 Å². The molecule has 4 heteroatoms. The minimum Gasteiger partial charge on any atom is -0.306 e. The number of H-pyrrole nitrogens is 1. The Hall–Kier alpha value is -1.32. The molecule has 2 aromatic rings. The highest BCUT2D eigenvalue weighted by Crippen LogP contribution is 2.22. The fourth-order valence-electron chi connectivity index (χ4n) is 1.75. The van der Waals surface area contributed by atoms with Gasteiger partial charge in [-0.25, -0.2) is 0 Å². The molecule has 1 atom stereocenters. The van der Waals surface area contributed by atoms with Crippen molar-refractivity contribution in [2.24, 2.45) is 0 Å². The molecule has 1 heterocycles. The van der Waals surface area contributed by atoms with Gasteiger partial charge in [0.2, 0.25) is 0 Å². The van der Waals surface area contributed by atoms with Crippen LogP contribution in [-0.2, 0) is 6.54 Å². The minimum atomic E-state index is 0.220. The van der Waals surface area contributed by atoms with Crippen LogP contribution in [-0.4, -0.2) is 10.2 Å². The van der Waals surface area contributed by atoms with Gasteiger partial charge in [0, 0.05) is 28.9 Å². The normalized spacial score (nSPS) is 12.6. The smallest absolute Gasteiger partial charge is 0.0535 e. The maximum absolute atomic E-state index is 6.15. The van der Waals surface area contributed by atoms with Crippen molar-refractivity contribution in [3.63, 3.8) is 0 Å². The summed E-state index contributed by atoms with van der Waals surface area (Å²) >= 11 is 6.15. The second kappa shape index (κ2) is 5.34. The first-order chi connectivity index (χ1) is 8.18. The zero-order chi connectivity index (χ0) is 12.3. The first-order valence-electron chi connectivity index (χ1n) is 5.65. The fourth-order valence-corrected chi connectivity index (χ4v) is 2.05. The van der Waals surface area contributed by atoms with E-state index >= 15 is 0 Å². The Morgan fingerprint density at radius 2 is 2.18 bits per heavy atom. The van der Waals surface area contributed by atoms with Gasteiger partial charge in [-0.15, -0.1) is 0 Å². The zero-order valence-electron chi connectivity index (χ0n) is 10.00. The molecule has 0 aliphatic heterocycles. The number of aromatic nitrogens is 2. The van der Waals surface area contributed by atoms with Crippen LogP contribution in [0.25, 0.3) is 0 Å². The Bertz CT molecular complexity index is 493. The summed E-state index contributed by atoms with van der Waals surface area (Å²) in [5.74, 6) is 0. The predicted octanol–water partition coefficient (Wildman–Crippen LogP) is 3.22. The summed E-state index contributed by atoms with van der Waals surface area (Å²) < 4.78 is 0. The topological polar surface area (TPSA) is 40.7 Å². The van der Waals surface area contributed by atoms with Gasteiger partial charge in [0.1, 0.15) is 0 Å². The summed E-state index contributed by atoms with van der Waals surface area (Å²) in [6.07, 6.45) is 1.85. The summed E-state index contributed by atoms with van der Waals surface area (Å²) in [5.41, 5.74) is 3.41. The molecule has 0 saturated carbocycles.